The van der Waals surface area contributed by atoms with Crippen LogP contribution in [0.3, 0.4) is 0 Å². The molecule has 7 heteroatoms. The van der Waals surface area contributed by atoms with Gasteiger partial charge in [-0.3, -0.25) is 4.72 Å². The van der Waals surface area contributed by atoms with E-state index >= 15 is 0 Å². The van der Waals surface area contributed by atoms with Gasteiger partial charge in [0.1, 0.15) is 0 Å². The van der Waals surface area contributed by atoms with Crippen LogP contribution in [0.15, 0.2) is 18.2 Å². The number of halogens is 2. The van der Waals surface area contributed by atoms with Crippen molar-refractivity contribution in [2.75, 3.05) is 11.3 Å². The summed E-state index contributed by atoms with van der Waals surface area (Å²) in [6.45, 7) is 1.74. The summed E-state index contributed by atoms with van der Waals surface area (Å²) in [4.78, 5) is 0. The summed E-state index contributed by atoms with van der Waals surface area (Å²) >= 11 is 0. The molecular formula is C13H15F2NO3S. The van der Waals surface area contributed by atoms with Crippen molar-refractivity contribution in [2.24, 2.45) is 0 Å². The summed E-state index contributed by atoms with van der Waals surface area (Å²) < 4.78 is 48.8. The van der Waals surface area contributed by atoms with E-state index in [0.717, 1.165) is 0 Å². The van der Waals surface area contributed by atoms with Crippen molar-refractivity contribution >= 4 is 15.7 Å². The summed E-state index contributed by atoms with van der Waals surface area (Å²) in [5, 5.41) is 8.62. The molecule has 20 heavy (non-hydrogen) atoms. The Morgan fingerprint density at radius 1 is 1.40 bits per heavy atom. The number of aliphatic hydroxyl groups is 1. The number of benzene rings is 1. The summed E-state index contributed by atoms with van der Waals surface area (Å²) in [7, 11) is -4.67. The lowest BCUT2D eigenvalue weighted by Crippen LogP contribution is -2.21. The molecule has 0 spiro atoms. The fourth-order valence-corrected chi connectivity index (χ4v) is 2.08. The molecule has 0 bridgehead atoms. The van der Waals surface area contributed by atoms with Gasteiger partial charge in [-0.05, 0) is 30.2 Å². The molecule has 0 fully saturated rings. The van der Waals surface area contributed by atoms with Gasteiger partial charge in [-0.1, -0.05) is 18.8 Å². The molecule has 0 saturated carbocycles. The standard InChI is InChI=1S/C13H15F2NO3S/c1-2-11-9-10(5-3-4-8-17)6-7-12(11)16-20(18,19)13(14)15/h6-7,9,13,16-17H,2,4,8H2,1H3. The molecule has 0 amide bonds. The smallest absolute Gasteiger partial charge is 0.355 e. The molecular weight excluding hydrogens is 288 g/mol. The lowest BCUT2D eigenvalue weighted by molar-refractivity contribution is 0.236. The van der Waals surface area contributed by atoms with Crippen LogP contribution in [0.2, 0.25) is 0 Å². The number of aryl methyl sites for hydroxylation is 1. The van der Waals surface area contributed by atoms with Crippen LogP contribution in [0.1, 0.15) is 24.5 Å². The number of anilines is 1. The fourth-order valence-electron chi connectivity index (χ4n) is 1.48. The van der Waals surface area contributed by atoms with Crippen LogP contribution in [-0.2, 0) is 16.4 Å². The van der Waals surface area contributed by atoms with E-state index < -0.39 is 15.8 Å². The highest BCUT2D eigenvalue weighted by molar-refractivity contribution is 7.93. The highest BCUT2D eigenvalue weighted by Crippen LogP contribution is 2.21. The van der Waals surface area contributed by atoms with Crippen LogP contribution in [0.25, 0.3) is 0 Å². The third kappa shape index (κ3) is 4.47. The first-order valence-corrected chi connectivity index (χ1v) is 7.47. The van der Waals surface area contributed by atoms with Crippen molar-refractivity contribution in [1.82, 2.24) is 0 Å². The Labute approximate surface area is 116 Å². The van der Waals surface area contributed by atoms with Crippen LogP contribution in [-0.4, -0.2) is 25.9 Å². The largest absolute Gasteiger partial charge is 0.395 e. The molecule has 0 radical (unpaired) electrons. The van der Waals surface area contributed by atoms with E-state index in [-0.39, 0.29) is 12.3 Å². The number of rotatable bonds is 5. The van der Waals surface area contributed by atoms with E-state index in [4.69, 9.17) is 5.11 Å². The summed E-state index contributed by atoms with van der Waals surface area (Å²) in [6, 6.07) is 4.57. The minimum atomic E-state index is -4.67. The van der Waals surface area contributed by atoms with Gasteiger partial charge >= 0.3 is 5.76 Å². The quantitative estimate of drug-likeness (QED) is 0.817. The van der Waals surface area contributed by atoms with E-state index in [1.807, 2.05) is 4.72 Å². The van der Waals surface area contributed by atoms with E-state index in [0.29, 0.717) is 24.0 Å². The van der Waals surface area contributed by atoms with Gasteiger partial charge in [0.05, 0.1) is 12.3 Å². The second-order valence-corrected chi connectivity index (χ2v) is 5.56. The van der Waals surface area contributed by atoms with Crippen LogP contribution in [0.5, 0.6) is 0 Å². The molecule has 0 aliphatic carbocycles. The Hall–Kier alpha value is -1.65. The second kappa shape index (κ2) is 7.22. The Balaban J connectivity index is 3.04. The predicted octanol–water partition coefficient (Wildman–Crippen LogP) is 1.95. The number of sulfonamides is 1. The van der Waals surface area contributed by atoms with Gasteiger partial charge in [-0.2, -0.15) is 8.78 Å². The van der Waals surface area contributed by atoms with E-state index in [9.17, 15) is 17.2 Å². The normalized spacial score (nSPS) is 11.1. The van der Waals surface area contributed by atoms with Gasteiger partial charge in [0.15, 0.2) is 0 Å². The van der Waals surface area contributed by atoms with Crippen molar-refractivity contribution in [2.45, 2.75) is 25.5 Å². The van der Waals surface area contributed by atoms with Gasteiger partial charge in [0.2, 0.25) is 0 Å². The maximum Gasteiger partial charge on any atom is 0.355 e. The van der Waals surface area contributed by atoms with Crippen LogP contribution >= 0.6 is 0 Å². The Morgan fingerprint density at radius 2 is 2.10 bits per heavy atom. The van der Waals surface area contributed by atoms with Crippen LogP contribution < -0.4 is 4.72 Å². The first kappa shape index (κ1) is 16.4. The van der Waals surface area contributed by atoms with Crippen LogP contribution in [0, 0.1) is 11.8 Å². The second-order valence-electron chi connectivity index (χ2n) is 3.91. The number of nitrogens with one attached hydrogen (secondary N) is 1. The maximum absolute atomic E-state index is 12.3. The van der Waals surface area contributed by atoms with Crippen molar-refractivity contribution in [3.63, 3.8) is 0 Å². The minimum Gasteiger partial charge on any atom is -0.395 e. The van der Waals surface area contributed by atoms with Gasteiger partial charge < -0.3 is 5.11 Å². The molecule has 0 aliphatic rings. The molecule has 0 aromatic heterocycles. The Bertz CT molecular complexity index is 618. The molecule has 110 valence electrons. The Kier molecular flexibility index (Phi) is 5.92. The summed E-state index contributed by atoms with van der Waals surface area (Å²) in [5.41, 5.74) is 1.33. The number of hydrogen-bond acceptors (Lipinski definition) is 3. The molecule has 1 aromatic rings. The summed E-state index contributed by atoms with van der Waals surface area (Å²) in [5.74, 6) is 2.05. The van der Waals surface area contributed by atoms with E-state index in [2.05, 4.69) is 11.8 Å². The van der Waals surface area contributed by atoms with Crippen molar-refractivity contribution in [3.05, 3.63) is 29.3 Å². The zero-order chi connectivity index (χ0) is 15.2. The highest BCUT2D eigenvalue weighted by atomic mass is 32.2. The van der Waals surface area contributed by atoms with E-state index in [1.54, 1.807) is 13.0 Å². The van der Waals surface area contributed by atoms with Gasteiger partial charge in [0.25, 0.3) is 10.0 Å². The monoisotopic (exact) mass is 303 g/mol. The van der Waals surface area contributed by atoms with Crippen molar-refractivity contribution in [1.29, 1.82) is 0 Å². The molecule has 4 nitrogen and oxygen atoms in total. The minimum absolute atomic E-state index is 0.0418. The lowest BCUT2D eigenvalue weighted by Gasteiger charge is -2.11. The first-order valence-electron chi connectivity index (χ1n) is 5.93. The van der Waals surface area contributed by atoms with E-state index in [1.165, 1.54) is 12.1 Å². The molecule has 0 atom stereocenters. The van der Waals surface area contributed by atoms with Crippen molar-refractivity contribution < 1.29 is 22.3 Å². The lowest BCUT2D eigenvalue weighted by atomic mass is 10.1. The fraction of sp³-hybridized carbons (Fsp3) is 0.385. The average molecular weight is 303 g/mol. The maximum atomic E-state index is 12.3. The molecule has 0 unspecified atom stereocenters. The SMILES string of the molecule is CCc1cc(C#CCCO)ccc1NS(=O)(=O)C(F)F. The first-order chi connectivity index (χ1) is 9.40. The molecule has 0 heterocycles. The third-order valence-electron chi connectivity index (χ3n) is 2.44. The van der Waals surface area contributed by atoms with Gasteiger partial charge in [-0.15, -0.1) is 0 Å². The zero-order valence-corrected chi connectivity index (χ0v) is 11.7. The zero-order valence-electron chi connectivity index (χ0n) is 10.9. The summed E-state index contributed by atoms with van der Waals surface area (Å²) in [6.07, 6.45) is 0.803. The Morgan fingerprint density at radius 3 is 2.65 bits per heavy atom. The molecule has 0 aliphatic heterocycles. The highest BCUT2D eigenvalue weighted by Gasteiger charge is 2.24. The molecule has 2 N–H and O–H groups in total. The molecule has 1 rings (SSSR count). The number of hydrogen-bond donors (Lipinski definition) is 2. The van der Waals surface area contributed by atoms with Gasteiger partial charge in [0, 0.05) is 12.0 Å². The number of alkyl halides is 2. The third-order valence-corrected chi connectivity index (χ3v) is 3.42. The topological polar surface area (TPSA) is 66.4 Å². The molecule has 0 saturated heterocycles. The number of aliphatic hydroxyl groups excluding tert-OH is 1. The molecule has 1 aromatic carbocycles. The average Bonchev–Trinajstić information content (AvgIpc) is 2.40. The van der Waals surface area contributed by atoms with Crippen molar-refractivity contribution in [3.8, 4) is 11.8 Å². The van der Waals surface area contributed by atoms with Crippen LogP contribution in [0.4, 0.5) is 14.5 Å². The predicted molar refractivity (Wildman–Crippen MR) is 72.9 cm³/mol. The van der Waals surface area contributed by atoms with Gasteiger partial charge in [-0.25, -0.2) is 8.42 Å².